The highest BCUT2D eigenvalue weighted by molar-refractivity contribution is 6.36. The summed E-state index contributed by atoms with van der Waals surface area (Å²) in [7, 11) is 1.51. The number of amides is 1. The Morgan fingerprint density at radius 1 is 1.13 bits per heavy atom. The monoisotopic (exact) mass is 451 g/mol. The van der Waals surface area contributed by atoms with Gasteiger partial charge in [-0.25, -0.2) is 4.98 Å². The van der Waals surface area contributed by atoms with Gasteiger partial charge in [0.1, 0.15) is 11.6 Å². The van der Waals surface area contributed by atoms with Crippen LogP contribution in [0.2, 0.25) is 10.0 Å². The number of halogens is 2. The van der Waals surface area contributed by atoms with Crippen LogP contribution in [0, 0.1) is 6.92 Å². The second-order valence-electron chi connectivity index (χ2n) is 6.96. The molecule has 1 aromatic heterocycles. The normalized spacial score (nSPS) is 11.2. The molecular weight excluding hydrogens is 433 g/mol. The predicted molar refractivity (Wildman–Crippen MR) is 127 cm³/mol. The number of hydrogen-bond acceptors (Lipinski definition) is 3. The summed E-state index contributed by atoms with van der Waals surface area (Å²) < 4.78 is 5.31. The number of nitrogens with zero attached hydrogens (tertiary/aromatic N) is 1. The third-order valence-corrected chi connectivity index (χ3v) is 5.31. The molecule has 5 nitrogen and oxygen atoms in total. The molecule has 31 heavy (non-hydrogen) atoms. The van der Waals surface area contributed by atoms with Crippen LogP contribution >= 0.6 is 23.2 Å². The first-order valence-corrected chi connectivity index (χ1v) is 10.3. The van der Waals surface area contributed by atoms with Gasteiger partial charge >= 0.3 is 0 Å². The van der Waals surface area contributed by atoms with Crippen LogP contribution < -0.4 is 10.1 Å². The Balaban J connectivity index is 1.57. The molecule has 1 amide bonds. The highest BCUT2D eigenvalue weighted by Crippen LogP contribution is 2.33. The van der Waals surface area contributed by atoms with Crippen LogP contribution in [0.25, 0.3) is 28.5 Å². The highest BCUT2D eigenvalue weighted by Gasteiger charge is 2.10. The molecule has 0 aliphatic carbocycles. The smallest absolute Gasteiger partial charge is 0.248 e. The van der Waals surface area contributed by atoms with E-state index in [9.17, 15) is 4.79 Å². The summed E-state index contributed by atoms with van der Waals surface area (Å²) in [5.41, 5.74) is 4.97. The van der Waals surface area contributed by atoms with E-state index < -0.39 is 0 Å². The minimum atomic E-state index is -0.289. The first kappa shape index (κ1) is 21.0. The molecule has 0 fully saturated rings. The Bertz CT molecular complexity index is 1280. The van der Waals surface area contributed by atoms with Crippen LogP contribution in [0.4, 0.5) is 5.69 Å². The SMILES string of the molecule is COc1c(Cl)cc(Cl)cc1C=CC(=O)Nc1cc(-c2nc3ccccc3[nH]2)ccc1C. The number of anilines is 1. The van der Waals surface area contributed by atoms with Gasteiger partial charge in [0.15, 0.2) is 0 Å². The number of nitrogens with one attached hydrogen (secondary N) is 2. The van der Waals surface area contributed by atoms with Crippen molar-refractivity contribution < 1.29 is 9.53 Å². The number of aromatic amines is 1. The molecule has 0 saturated heterocycles. The number of aromatic nitrogens is 2. The number of imidazole rings is 1. The van der Waals surface area contributed by atoms with Gasteiger partial charge in [-0.3, -0.25) is 4.79 Å². The first-order valence-electron chi connectivity index (χ1n) is 9.52. The van der Waals surface area contributed by atoms with Gasteiger partial charge in [0.25, 0.3) is 0 Å². The van der Waals surface area contributed by atoms with E-state index in [-0.39, 0.29) is 5.91 Å². The summed E-state index contributed by atoms with van der Waals surface area (Å²) in [4.78, 5) is 20.5. The molecule has 0 bridgehead atoms. The minimum absolute atomic E-state index is 0.289. The number of carbonyl (C=O) groups is 1. The van der Waals surface area contributed by atoms with Crippen molar-refractivity contribution in [2.24, 2.45) is 0 Å². The molecule has 0 atom stereocenters. The summed E-state index contributed by atoms with van der Waals surface area (Å²) in [6.07, 6.45) is 3.03. The largest absolute Gasteiger partial charge is 0.495 e. The molecule has 0 unspecified atom stereocenters. The fourth-order valence-electron chi connectivity index (χ4n) is 3.25. The second kappa shape index (κ2) is 8.84. The minimum Gasteiger partial charge on any atom is -0.495 e. The van der Waals surface area contributed by atoms with Gasteiger partial charge in [0.2, 0.25) is 5.91 Å². The topological polar surface area (TPSA) is 67.0 Å². The van der Waals surface area contributed by atoms with Gasteiger partial charge in [0.05, 0.1) is 23.2 Å². The molecule has 4 rings (SSSR count). The molecule has 3 aromatic carbocycles. The van der Waals surface area contributed by atoms with Gasteiger partial charge in [-0.1, -0.05) is 47.5 Å². The lowest BCUT2D eigenvalue weighted by Gasteiger charge is -2.09. The molecule has 0 radical (unpaired) electrons. The number of aryl methyl sites for hydroxylation is 1. The van der Waals surface area contributed by atoms with Crippen molar-refractivity contribution in [1.82, 2.24) is 9.97 Å². The third kappa shape index (κ3) is 4.58. The number of para-hydroxylation sites is 2. The van der Waals surface area contributed by atoms with Crippen molar-refractivity contribution in [3.8, 4) is 17.1 Å². The molecule has 4 aromatic rings. The molecule has 0 saturated carbocycles. The Kier molecular flexibility index (Phi) is 5.98. The molecular formula is C24H19Cl2N3O2. The van der Waals surface area contributed by atoms with Crippen molar-refractivity contribution in [3.05, 3.63) is 81.8 Å². The quantitative estimate of drug-likeness (QED) is 0.340. The van der Waals surface area contributed by atoms with Crippen LogP contribution in [-0.4, -0.2) is 23.0 Å². The van der Waals surface area contributed by atoms with Crippen LogP contribution in [-0.2, 0) is 4.79 Å². The Hall–Kier alpha value is -3.28. The van der Waals surface area contributed by atoms with Gasteiger partial charge < -0.3 is 15.0 Å². The predicted octanol–water partition coefficient (Wildman–Crippen LogP) is 6.51. The molecule has 0 spiro atoms. The maximum absolute atomic E-state index is 12.6. The lowest BCUT2D eigenvalue weighted by atomic mass is 10.1. The fraction of sp³-hybridized carbons (Fsp3) is 0.0833. The van der Waals surface area contributed by atoms with E-state index in [2.05, 4.69) is 15.3 Å². The zero-order chi connectivity index (χ0) is 22.0. The van der Waals surface area contributed by atoms with Gasteiger partial charge in [-0.2, -0.15) is 0 Å². The van der Waals surface area contributed by atoms with Crippen molar-refractivity contribution in [2.75, 3.05) is 12.4 Å². The number of ether oxygens (including phenoxy) is 1. The third-order valence-electron chi connectivity index (χ3n) is 4.81. The summed E-state index contributed by atoms with van der Waals surface area (Å²) in [5, 5.41) is 3.75. The van der Waals surface area contributed by atoms with E-state index in [1.165, 1.54) is 13.2 Å². The number of hydrogen-bond donors (Lipinski definition) is 2. The van der Waals surface area contributed by atoms with Crippen LogP contribution in [0.15, 0.2) is 60.7 Å². The fourth-order valence-corrected chi connectivity index (χ4v) is 3.84. The number of carbonyl (C=O) groups excluding carboxylic acids is 1. The van der Waals surface area contributed by atoms with E-state index in [4.69, 9.17) is 27.9 Å². The lowest BCUT2D eigenvalue weighted by Crippen LogP contribution is -2.09. The Labute approximate surface area is 189 Å². The molecule has 7 heteroatoms. The lowest BCUT2D eigenvalue weighted by molar-refractivity contribution is -0.111. The number of rotatable bonds is 5. The summed E-state index contributed by atoms with van der Waals surface area (Å²) in [5.74, 6) is 0.909. The highest BCUT2D eigenvalue weighted by atomic mass is 35.5. The van der Waals surface area contributed by atoms with Crippen LogP contribution in [0.5, 0.6) is 5.75 Å². The van der Waals surface area contributed by atoms with Gasteiger partial charge in [0, 0.05) is 27.9 Å². The average Bonchev–Trinajstić information content (AvgIpc) is 3.18. The van der Waals surface area contributed by atoms with Gasteiger partial charge in [-0.15, -0.1) is 0 Å². The van der Waals surface area contributed by atoms with E-state index >= 15 is 0 Å². The summed E-state index contributed by atoms with van der Waals surface area (Å²) >= 11 is 12.2. The summed E-state index contributed by atoms with van der Waals surface area (Å²) in [6, 6.07) is 16.9. The number of H-pyrrole nitrogens is 1. The molecule has 156 valence electrons. The van der Waals surface area contributed by atoms with Gasteiger partial charge in [-0.05, 0) is 48.9 Å². The van der Waals surface area contributed by atoms with Crippen molar-refractivity contribution in [3.63, 3.8) is 0 Å². The van der Waals surface area contributed by atoms with Crippen LogP contribution in [0.3, 0.4) is 0 Å². The number of methoxy groups -OCH3 is 1. The van der Waals surface area contributed by atoms with E-state index in [0.29, 0.717) is 27.0 Å². The maximum atomic E-state index is 12.6. The Morgan fingerprint density at radius 2 is 1.94 bits per heavy atom. The molecule has 0 aliphatic rings. The Morgan fingerprint density at radius 3 is 2.71 bits per heavy atom. The average molecular weight is 452 g/mol. The number of benzene rings is 3. The standard InChI is InChI=1S/C24H19Cl2N3O2/c1-14-7-8-16(24-28-19-5-3-4-6-20(19)29-24)12-21(14)27-22(30)10-9-15-11-17(25)13-18(26)23(15)31-2/h3-13H,1-2H3,(H,27,30)(H,28,29). The van der Waals surface area contributed by atoms with Crippen molar-refractivity contribution in [1.29, 1.82) is 0 Å². The number of fused-ring (bicyclic) bond motifs is 1. The van der Waals surface area contributed by atoms with E-state index in [1.807, 2.05) is 49.4 Å². The maximum Gasteiger partial charge on any atom is 0.248 e. The van der Waals surface area contributed by atoms with Crippen molar-refractivity contribution in [2.45, 2.75) is 6.92 Å². The van der Waals surface area contributed by atoms with E-state index in [0.717, 1.165) is 28.0 Å². The molecule has 2 N–H and O–H groups in total. The zero-order valence-corrected chi connectivity index (χ0v) is 18.4. The first-order chi connectivity index (χ1) is 14.9. The summed E-state index contributed by atoms with van der Waals surface area (Å²) in [6.45, 7) is 1.93. The second-order valence-corrected chi connectivity index (χ2v) is 7.81. The molecule has 0 aliphatic heterocycles. The van der Waals surface area contributed by atoms with E-state index in [1.54, 1.807) is 18.2 Å². The van der Waals surface area contributed by atoms with Crippen molar-refractivity contribution >= 4 is 51.9 Å². The zero-order valence-electron chi connectivity index (χ0n) is 16.9. The van der Waals surface area contributed by atoms with Crippen LogP contribution in [0.1, 0.15) is 11.1 Å². The molecule has 1 heterocycles.